The molecule has 134 valence electrons. The molecule has 0 aliphatic heterocycles. The third-order valence-electron chi connectivity index (χ3n) is 5.46. The van der Waals surface area contributed by atoms with Crippen LogP contribution in [0.15, 0.2) is 12.1 Å². The van der Waals surface area contributed by atoms with Gasteiger partial charge in [0.1, 0.15) is 5.82 Å². The van der Waals surface area contributed by atoms with E-state index in [0.717, 1.165) is 49.0 Å². The summed E-state index contributed by atoms with van der Waals surface area (Å²) >= 11 is 0. The van der Waals surface area contributed by atoms with Crippen LogP contribution in [0.5, 0.6) is 0 Å². The molecule has 7 heteroatoms. The monoisotopic (exact) mass is 342 g/mol. The Kier molecular flexibility index (Phi) is 4.43. The van der Waals surface area contributed by atoms with Crippen LogP contribution in [0.2, 0.25) is 0 Å². The Balaban J connectivity index is 1.49. The van der Waals surface area contributed by atoms with Crippen LogP contribution in [0, 0.1) is 6.92 Å². The Morgan fingerprint density at radius 3 is 2.56 bits per heavy atom. The van der Waals surface area contributed by atoms with Crippen molar-refractivity contribution in [3.63, 3.8) is 0 Å². The average Bonchev–Trinajstić information content (AvgIpc) is 3.34. The van der Waals surface area contributed by atoms with Crippen LogP contribution in [0.1, 0.15) is 55.8 Å². The van der Waals surface area contributed by atoms with Crippen LogP contribution in [-0.2, 0) is 0 Å². The van der Waals surface area contributed by atoms with E-state index in [2.05, 4.69) is 33.6 Å². The Morgan fingerprint density at radius 2 is 1.84 bits per heavy atom. The highest BCUT2D eigenvalue weighted by Crippen LogP contribution is 2.39. The number of nitrogens with zero attached hydrogens (tertiary/aromatic N) is 3. The average molecular weight is 342 g/mol. The van der Waals surface area contributed by atoms with Crippen molar-refractivity contribution < 1.29 is 4.90 Å². The first-order chi connectivity index (χ1) is 12.1. The summed E-state index contributed by atoms with van der Waals surface area (Å²) in [5, 5.41) is 10.8. The third-order valence-corrected chi connectivity index (χ3v) is 5.46. The van der Waals surface area contributed by atoms with Gasteiger partial charge in [-0.15, -0.1) is 0 Å². The van der Waals surface area contributed by atoms with Gasteiger partial charge in [-0.2, -0.15) is 15.1 Å². The molecule has 4 rings (SSSR count). The zero-order chi connectivity index (χ0) is 17.4. The quantitative estimate of drug-likeness (QED) is 0.661. The van der Waals surface area contributed by atoms with E-state index < -0.39 is 0 Å². The van der Waals surface area contributed by atoms with Gasteiger partial charge in [-0.25, -0.2) is 0 Å². The number of aryl methyl sites for hydroxylation is 1. The summed E-state index contributed by atoms with van der Waals surface area (Å²) in [6, 6.07) is 4.97. The van der Waals surface area contributed by atoms with Crippen LogP contribution < -0.4 is 16.0 Å². The highest BCUT2D eigenvalue weighted by atomic mass is 15.3. The highest BCUT2D eigenvalue weighted by molar-refractivity contribution is 5.53. The van der Waals surface area contributed by atoms with Crippen molar-refractivity contribution in [1.82, 2.24) is 20.2 Å². The lowest BCUT2D eigenvalue weighted by molar-refractivity contribution is -0.846. The van der Waals surface area contributed by atoms with Crippen LogP contribution >= 0.6 is 0 Å². The summed E-state index contributed by atoms with van der Waals surface area (Å²) in [7, 11) is 2.17. The van der Waals surface area contributed by atoms with E-state index in [1.165, 1.54) is 23.4 Å². The number of rotatable bonds is 5. The largest absolute Gasteiger partial charge is 0.329 e. The van der Waals surface area contributed by atoms with E-state index in [9.17, 15) is 0 Å². The summed E-state index contributed by atoms with van der Waals surface area (Å²) in [6.45, 7) is 2.01. The fourth-order valence-electron chi connectivity index (χ4n) is 3.68. The van der Waals surface area contributed by atoms with Gasteiger partial charge in [0.25, 0.3) is 0 Å². The summed E-state index contributed by atoms with van der Waals surface area (Å²) in [5.41, 5.74) is 8.22. The second-order valence-electron chi connectivity index (χ2n) is 7.62. The number of hydrogen-bond acceptors (Lipinski definition) is 5. The molecule has 2 aromatic rings. The van der Waals surface area contributed by atoms with E-state index in [1.54, 1.807) is 0 Å². The highest BCUT2D eigenvalue weighted by Gasteiger charge is 2.28. The summed E-state index contributed by atoms with van der Waals surface area (Å²) in [5.74, 6) is 3.15. The molecule has 1 unspecified atom stereocenters. The van der Waals surface area contributed by atoms with Gasteiger partial charge in [0.15, 0.2) is 5.82 Å². The van der Waals surface area contributed by atoms with Gasteiger partial charge in [-0.3, -0.25) is 10.00 Å². The van der Waals surface area contributed by atoms with Crippen molar-refractivity contribution in [2.75, 3.05) is 12.4 Å². The lowest BCUT2D eigenvalue weighted by atomic mass is 9.91. The van der Waals surface area contributed by atoms with Crippen LogP contribution in [0.4, 0.5) is 17.6 Å². The maximum Gasteiger partial charge on any atom is 0.329 e. The number of nitrogens with one attached hydrogen (secondary N) is 3. The molecular formula is C18H28N7+. The SMILES string of the molecule is Cc1cc(Nc2cc(C3CC3)[nH]n2)nc([NH+](C)C2CCC(N)CC2)n1. The number of aromatic amines is 1. The number of hydrogen-bond donors (Lipinski definition) is 4. The normalized spacial score (nSPS) is 24.9. The van der Waals surface area contributed by atoms with Crippen LogP contribution in [-0.4, -0.2) is 39.3 Å². The Morgan fingerprint density at radius 1 is 1.08 bits per heavy atom. The molecule has 0 bridgehead atoms. The molecule has 25 heavy (non-hydrogen) atoms. The van der Waals surface area contributed by atoms with Gasteiger partial charge in [-0.05, 0) is 32.6 Å². The van der Waals surface area contributed by atoms with E-state index in [0.29, 0.717) is 18.0 Å². The fraction of sp³-hybridized carbons (Fsp3) is 0.611. The molecule has 0 aromatic carbocycles. The first-order valence-corrected chi connectivity index (χ1v) is 9.36. The smallest absolute Gasteiger partial charge is 0.328 e. The zero-order valence-corrected chi connectivity index (χ0v) is 15.0. The van der Waals surface area contributed by atoms with Crippen molar-refractivity contribution in [2.45, 2.75) is 63.5 Å². The van der Waals surface area contributed by atoms with Gasteiger partial charge in [0.05, 0.1) is 13.1 Å². The molecule has 0 amide bonds. The number of quaternary nitrogens is 1. The molecule has 1 atom stereocenters. The first kappa shape index (κ1) is 16.5. The van der Waals surface area contributed by atoms with Gasteiger partial charge >= 0.3 is 5.95 Å². The van der Waals surface area contributed by atoms with Gasteiger partial charge in [0.2, 0.25) is 0 Å². The predicted octanol–water partition coefficient (Wildman–Crippen LogP) is 1.55. The number of H-pyrrole nitrogens is 1. The summed E-state index contributed by atoms with van der Waals surface area (Å²) < 4.78 is 0. The minimum atomic E-state index is 0.361. The minimum absolute atomic E-state index is 0.361. The molecule has 0 saturated heterocycles. The molecular weight excluding hydrogens is 314 g/mol. The molecule has 0 spiro atoms. The van der Waals surface area contributed by atoms with Crippen molar-refractivity contribution in [1.29, 1.82) is 0 Å². The number of anilines is 2. The molecule has 2 aliphatic carbocycles. The Labute approximate surface area is 148 Å². The van der Waals surface area contributed by atoms with Gasteiger partial charge in [0, 0.05) is 48.3 Å². The van der Waals surface area contributed by atoms with Gasteiger partial charge < -0.3 is 11.1 Å². The van der Waals surface area contributed by atoms with Gasteiger partial charge in [-0.1, -0.05) is 0 Å². The van der Waals surface area contributed by atoms with Crippen molar-refractivity contribution in [2.24, 2.45) is 5.73 Å². The van der Waals surface area contributed by atoms with Crippen molar-refractivity contribution in [3.05, 3.63) is 23.5 Å². The van der Waals surface area contributed by atoms with E-state index >= 15 is 0 Å². The predicted molar refractivity (Wildman–Crippen MR) is 97.4 cm³/mol. The molecule has 2 aromatic heterocycles. The Hall–Kier alpha value is -1.99. The summed E-state index contributed by atoms with van der Waals surface area (Å²) in [6.07, 6.45) is 6.98. The maximum atomic E-state index is 6.04. The second kappa shape index (κ2) is 6.72. The second-order valence-corrected chi connectivity index (χ2v) is 7.62. The topological polar surface area (TPSA) is 97.0 Å². The molecule has 2 fully saturated rings. The number of aromatic nitrogens is 4. The van der Waals surface area contributed by atoms with Crippen LogP contribution in [0.25, 0.3) is 0 Å². The number of nitrogens with two attached hydrogens (primary N) is 1. The van der Waals surface area contributed by atoms with Crippen LogP contribution in [0.3, 0.4) is 0 Å². The molecule has 2 aliphatic rings. The molecule has 5 N–H and O–H groups in total. The van der Waals surface area contributed by atoms with Crippen molar-refractivity contribution >= 4 is 17.6 Å². The van der Waals surface area contributed by atoms with E-state index in [-0.39, 0.29) is 0 Å². The lowest BCUT2D eigenvalue weighted by Crippen LogP contribution is -3.09. The fourth-order valence-corrected chi connectivity index (χ4v) is 3.68. The molecule has 0 radical (unpaired) electrons. The zero-order valence-electron chi connectivity index (χ0n) is 15.0. The summed E-state index contributed by atoms with van der Waals surface area (Å²) in [4.78, 5) is 10.7. The standard InChI is InChI=1S/C18H27N7/c1-11-9-16(21-17-10-15(23-24-17)12-3-4-12)22-18(20-11)25(2)14-7-5-13(19)6-8-14/h9-10,12-14H,3-8,19H2,1-2H3,(H2,20,21,22,23,24)/p+1. The minimum Gasteiger partial charge on any atom is -0.328 e. The molecule has 2 saturated carbocycles. The Bertz CT molecular complexity index is 729. The first-order valence-electron chi connectivity index (χ1n) is 9.36. The lowest BCUT2D eigenvalue weighted by Gasteiger charge is -2.29. The third kappa shape index (κ3) is 3.82. The molecule has 7 nitrogen and oxygen atoms in total. The van der Waals surface area contributed by atoms with Crippen molar-refractivity contribution in [3.8, 4) is 0 Å². The van der Waals surface area contributed by atoms with E-state index in [4.69, 9.17) is 10.7 Å². The maximum absolute atomic E-state index is 6.04. The van der Waals surface area contributed by atoms with E-state index in [1.807, 2.05) is 13.0 Å². The molecule has 2 heterocycles.